The Kier molecular flexibility index (Phi) is 6.32. The van der Waals surface area contributed by atoms with E-state index < -0.39 is 0 Å². The average molecular weight is 425 g/mol. The molecule has 1 fully saturated rings. The van der Waals surface area contributed by atoms with Crippen molar-refractivity contribution in [3.63, 3.8) is 0 Å². The second kappa shape index (κ2) is 9.12. The maximum atomic E-state index is 12.5. The molecule has 1 aromatic carbocycles. The number of hydrogen-bond acceptors (Lipinski definition) is 6. The van der Waals surface area contributed by atoms with Crippen LogP contribution in [0, 0.1) is 20.8 Å². The first-order chi connectivity index (χ1) is 14.5. The molecule has 2 aromatic heterocycles. The number of aryl methyl sites for hydroxylation is 3. The van der Waals surface area contributed by atoms with Crippen molar-refractivity contribution in [2.75, 3.05) is 38.0 Å². The highest BCUT2D eigenvalue weighted by atomic mass is 32.1. The number of hydrogen-bond donors (Lipinski definition) is 1. The third-order valence-corrected chi connectivity index (χ3v) is 6.23. The molecule has 0 atom stereocenters. The summed E-state index contributed by atoms with van der Waals surface area (Å²) in [6.45, 7) is 11.2. The molecule has 3 heterocycles. The lowest BCUT2D eigenvalue weighted by molar-refractivity contribution is -0.117. The van der Waals surface area contributed by atoms with E-state index in [0.29, 0.717) is 11.7 Å². The highest BCUT2D eigenvalue weighted by Gasteiger charge is 2.20. The molecular formula is C23H28N4O2S. The first-order valence-corrected chi connectivity index (χ1v) is 11.2. The van der Waals surface area contributed by atoms with Gasteiger partial charge in [0.2, 0.25) is 5.91 Å². The van der Waals surface area contributed by atoms with Gasteiger partial charge in [0.15, 0.2) is 5.13 Å². The number of amides is 1. The van der Waals surface area contributed by atoms with Crippen LogP contribution in [0.5, 0.6) is 0 Å². The topological polar surface area (TPSA) is 61.6 Å². The number of rotatable bonds is 6. The van der Waals surface area contributed by atoms with Crippen molar-refractivity contribution in [1.29, 1.82) is 0 Å². The Balaban J connectivity index is 1.29. The summed E-state index contributed by atoms with van der Waals surface area (Å²) in [6, 6.07) is 8.26. The van der Waals surface area contributed by atoms with Crippen molar-refractivity contribution in [2.45, 2.75) is 27.3 Å². The Labute approximate surface area is 181 Å². The van der Waals surface area contributed by atoms with E-state index in [2.05, 4.69) is 53.0 Å². The lowest BCUT2D eigenvalue weighted by Gasteiger charge is -2.33. The van der Waals surface area contributed by atoms with Crippen molar-refractivity contribution in [2.24, 2.45) is 0 Å². The van der Waals surface area contributed by atoms with E-state index in [1.165, 1.54) is 28.0 Å². The first kappa shape index (κ1) is 20.8. The normalized spacial score (nSPS) is 15.4. The van der Waals surface area contributed by atoms with Crippen molar-refractivity contribution < 1.29 is 9.21 Å². The summed E-state index contributed by atoms with van der Waals surface area (Å²) in [4.78, 5) is 21.7. The van der Waals surface area contributed by atoms with E-state index in [4.69, 9.17) is 4.42 Å². The van der Waals surface area contributed by atoms with E-state index in [0.717, 1.165) is 49.7 Å². The minimum absolute atomic E-state index is 0.00673. The molecule has 1 N–H and O–H groups in total. The van der Waals surface area contributed by atoms with E-state index in [1.54, 1.807) is 6.26 Å². The molecule has 1 amide bonds. The second-order valence-electron chi connectivity index (χ2n) is 7.99. The zero-order valence-corrected chi connectivity index (χ0v) is 18.6. The number of carbonyl (C=O) groups excluding carboxylic acids is 1. The van der Waals surface area contributed by atoms with E-state index in [9.17, 15) is 4.79 Å². The Hall–Kier alpha value is -2.48. The first-order valence-electron chi connectivity index (χ1n) is 10.3. The summed E-state index contributed by atoms with van der Waals surface area (Å²) in [5.74, 6) is 0.979. The van der Waals surface area contributed by atoms with Crippen molar-refractivity contribution in [1.82, 2.24) is 14.8 Å². The molecule has 30 heavy (non-hydrogen) atoms. The van der Waals surface area contributed by atoms with Gasteiger partial charge in [-0.3, -0.25) is 14.6 Å². The largest absolute Gasteiger partial charge is 0.468 e. The Morgan fingerprint density at radius 1 is 1.13 bits per heavy atom. The van der Waals surface area contributed by atoms with Crippen molar-refractivity contribution >= 4 is 22.4 Å². The number of carbonyl (C=O) groups is 1. The van der Waals surface area contributed by atoms with Gasteiger partial charge >= 0.3 is 0 Å². The van der Waals surface area contributed by atoms with Crippen LogP contribution < -0.4 is 5.32 Å². The fourth-order valence-corrected chi connectivity index (χ4v) is 4.84. The number of nitrogens with one attached hydrogen (secondary N) is 1. The standard InChI is InChI=1S/C23H28N4O2S/c1-16-11-17(2)22(18(3)12-16)20-15-30-23(24-20)25-21(28)14-27-8-6-26(7-9-27)13-19-5-4-10-29-19/h4-5,10-12,15H,6-9,13-14H2,1-3H3,(H,24,25,28). The number of aromatic nitrogens is 1. The van der Waals surface area contributed by atoms with Crippen LogP contribution in [0.25, 0.3) is 11.3 Å². The van der Waals surface area contributed by atoms with Gasteiger partial charge in [-0.2, -0.15) is 0 Å². The van der Waals surface area contributed by atoms with Crippen molar-refractivity contribution in [3.8, 4) is 11.3 Å². The van der Waals surface area contributed by atoms with Crippen LogP contribution in [0.2, 0.25) is 0 Å². The van der Waals surface area contributed by atoms with Gasteiger partial charge in [-0.1, -0.05) is 17.7 Å². The Morgan fingerprint density at radius 3 is 2.50 bits per heavy atom. The number of piperazine rings is 1. The summed E-state index contributed by atoms with van der Waals surface area (Å²) in [6.07, 6.45) is 1.71. The van der Waals surface area contributed by atoms with Gasteiger partial charge in [-0.05, 0) is 44.0 Å². The van der Waals surface area contributed by atoms with Crippen LogP contribution in [0.1, 0.15) is 22.5 Å². The van der Waals surface area contributed by atoms with E-state index in [1.807, 2.05) is 17.5 Å². The lowest BCUT2D eigenvalue weighted by atomic mass is 9.98. The highest BCUT2D eigenvalue weighted by Crippen LogP contribution is 2.31. The molecule has 1 aliphatic heterocycles. The summed E-state index contributed by atoms with van der Waals surface area (Å²) >= 11 is 1.48. The lowest BCUT2D eigenvalue weighted by Crippen LogP contribution is -2.48. The van der Waals surface area contributed by atoms with Crippen LogP contribution in [0.3, 0.4) is 0 Å². The fourth-order valence-electron chi connectivity index (χ4n) is 4.12. The van der Waals surface area contributed by atoms with Crippen LogP contribution in [-0.2, 0) is 11.3 Å². The maximum Gasteiger partial charge on any atom is 0.240 e. The maximum absolute atomic E-state index is 12.5. The Morgan fingerprint density at radius 2 is 1.83 bits per heavy atom. The molecule has 4 rings (SSSR count). The Bertz CT molecular complexity index is 981. The van der Waals surface area contributed by atoms with Gasteiger partial charge in [-0.15, -0.1) is 11.3 Å². The van der Waals surface area contributed by atoms with Gasteiger partial charge in [0.25, 0.3) is 0 Å². The molecule has 158 valence electrons. The summed E-state index contributed by atoms with van der Waals surface area (Å²) in [5.41, 5.74) is 5.76. The molecule has 0 saturated carbocycles. The second-order valence-corrected chi connectivity index (χ2v) is 8.85. The van der Waals surface area contributed by atoms with Crippen LogP contribution in [0.4, 0.5) is 5.13 Å². The molecule has 0 bridgehead atoms. The molecule has 7 heteroatoms. The predicted molar refractivity (Wildman–Crippen MR) is 121 cm³/mol. The quantitative estimate of drug-likeness (QED) is 0.646. The molecule has 6 nitrogen and oxygen atoms in total. The number of thiazole rings is 1. The highest BCUT2D eigenvalue weighted by molar-refractivity contribution is 7.14. The molecule has 0 unspecified atom stereocenters. The fraction of sp³-hybridized carbons (Fsp3) is 0.391. The van der Waals surface area contributed by atoms with Gasteiger partial charge in [0.1, 0.15) is 5.76 Å². The molecular weight excluding hydrogens is 396 g/mol. The van der Waals surface area contributed by atoms with Gasteiger partial charge < -0.3 is 9.73 Å². The number of anilines is 1. The predicted octanol–water partition coefficient (Wildman–Crippen LogP) is 4.08. The molecule has 0 radical (unpaired) electrons. The van der Waals surface area contributed by atoms with Gasteiger partial charge in [0.05, 0.1) is 25.0 Å². The van der Waals surface area contributed by atoms with Crippen LogP contribution >= 0.6 is 11.3 Å². The monoisotopic (exact) mass is 424 g/mol. The van der Waals surface area contributed by atoms with Gasteiger partial charge in [0, 0.05) is 37.1 Å². The van der Waals surface area contributed by atoms with Crippen LogP contribution in [0.15, 0.2) is 40.3 Å². The number of nitrogens with zero attached hydrogens (tertiary/aromatic N) is 3. The van der Waals surface area contributed by atoms with Crippen molar-refractivity contribution in [3.05, 3.63) is 58.4 Å². The molecule has 0 spiro atoms. The minimum atomic E-state index is -0.00673. The molecule has 0 aliphatic carbocycles. The SMILES string of the molecule is Cc1cc(C)c(-c2csc(NC(=O)CN3CCN(Cc4ccco4)CC3)n2)c(C)c1. The zero-order chi connectivity index (χ0) is 21.1. The van der Waals surface area contributed by atoms with Crippen LogP contribution in [-0.4, -0.2) is 53.4 Å². The average Bonchev–Trinajstić information content (AvgIpc) is 3.35. The summed E-state index contributed by atoms with van der Waals surface area (Å²) in [7, 11) is 0. The van der Waals surface area contributed by atoms with Gasteiger partial charge in [-0.25, -0.2) is 4.98 Å². The smallest absolute Gasteiger partial charge is 0.240 e. The molecule has 3 aromatic rings. The third-order valence-electron chi connectivity index (χ3n) is 5.48. The molecule has 1 aliphatic rings. The van der Waals surface area contributed by atoms with E-state index >= 15 is 0 Å². The third kappa shape index (κ3) is 4.98. The summed E-state index contributed by atoms with van der Waals surface area (Å²) in [5, 5.41) is 5.66. The minimum Gasteiger partial charge on any atom is -0.468 e. The summed E-state index contributed by atoms with van der Waals surface area (Å²) < 4.78 is 5.42. The molecule has 1 saturated heterocycles. The zero-order valence-electron chi connectivity index (χ0n) is 17.8. The number of benzene rings is 1. The van der Waals surface area contributed by atoms with E-state index in [-0.39, 0.29) is 5.91 Å². The number of furan rings is 1.